The largest absolute Gasteiger partial charge is 0.479 e. The number of hydrogen-bond acceptors (Lipinski definition) is 2. The number of carboxylic acids is 1. The fraction of sp³-hybridized carbons (Fsp3) is 0.842. The molecule has 0 rings (SSSR count). The van der Waals surface area contributed by atoms with E-state index in [1.807, 2.05) is 0 Å². The summed E-state index contributed by atoms with van der Waals surface area (Å²) >= 11 is 0. The highest BCUT2D eigenvalue weighted by Gasteiger charge is 2.28. The smallest absolute Gasteiger partial charge is 0.335 e. The number of aliphatic hydroxyl groups is 1. The molecular formula is C19H36O3. The molecule has 3 nitrogen and oxygen atoms in total. The van der Waals surface area contributed by atoms with E-state index in [2.05, 4.69) is 19.1 Å². The fourth-order valence-corrected chi connectivity index (χ4v) is 2.47. The number of allylic oxidation sites excluding steroid dienone is 2. The van der Waals surface area contributed by atoms with Crippen LogP contribution in [0.3, 0.4) is 0 Å². The number of aliphatic carboxylic acids is 1. The molecule has 0 saturated carbocycles. The third kappa shape index (κ3) is 12.9. The second-order valence-corrected chi connectivity index (χ2v) is 6.56. The first kappa shape index (κ1) is 21.2. The summed E-state index contributed by atoms with van der Waals surface area (Å²) in [4.78, 5) is 10.7. The van der Waals surface area contributed by atoms with Crippen molar-refractivity contribution in [3.8, 4) is 0 Å². The van der Waals surface area contributed by atoms with Crippen molar-refractivity contribution >= 4 is 5.97 Å². The Morgan fingerprint density at radius 2 is 1.32 bits per heavy atom. The molecule has 0 aliphatic heterocycles. The number of hydrogen-bond donors (Lipinski definition) is 2. The van der Waals surface area contributed by atoms with Crippen LogP contribution in [0.15, 0.2) is 12.2 Å². The summed E-state index contributed by atoms with van der Waals surface area (Å²) in [5.41, 5.74) is -1.56. The lowest BCUT2D eigenvalue weighted by molar-refractivity contribution is -0.157. The first-order valence-electron chi connectivity index (χ1n) is 9.11. The molecule has 0 saturated heterocycles. The van der Waals surface area contributed by atoms with E-state index in [9.17, 15) is 9.90 Å². The van der Waals surface area contributed by atoms with Gasteiger partial charge in [-0.3, -0.25) is 0 Å². The van der Waals surface area contributed by atoms with Crippen LogP contribution in [0.1, 0.15) is 97.3 Å². The Labute approximate surface area is 136 Å². The zero-order valence-electron chi connectivity index (χ0n) is 14.6. The van der Waals surface area contributed by atoms with Gasteiger partial charge < -0.3 is 10.2 Å². The highest BCUT2D eigenvalue weighted by molar-refractivity contribution is 5.76. The Hall–Kier alpha value is -0.830. The Kier molecular flexibility index (Phi) is 13.3. The van der Waals surface area contributed by atoms with Crippen LogP contribution < -0.4 is 0 Å². The van der Waals surface area contributed by atoms with Crippen LogP contribution in [0.5, 0.6) is 0 Å². The molecule has 0 aromatic rings. The summed E-state index contributed by atoms with van der Waals surface area (Å²) < 4.78 is 0. The molecule has 1 atom stereocenters. The van der Waals surface area contributed by atoms with Gasteiger partial charge >= 0.3 is 5.97 Å². The molecule has 3 heteroatoms. The van der Waals surface area contributed by atoms with Gasteiger partial charge in [-0.05, 0) is 45.4 Å². The molecule has 0 aliphatic rings. The zero-order chi connectivity index (χ0) is 16.7. The molecule has 130 valence electrons. The second-order valence-electron chi connectivity index (χ2n) is 6.56. The Balaban J connectivity index is 3.29. The fourth-order valence-electron chi connectivity index (χ4n) is 2.47. The van der Waals surface area contributed by atoms with E-state index in [4.69, 9.17) is 5.11 Å². The van der Waals surface area contributed by atoms with Gasteiger partial charge in [0.1, 0.15) is 0 Å². The molecule has 22 heavy (non-hydrogen) atoms. The van der Waals surface area contributed by atoms with Gasteiger partial charge in [-0.2, -0.15) is 0 Å². The standard InChI is InChI=1S/C19H36O3/c1-3-4-5-6-7-8-9-10-11-12-13-14-15-16-17-19(2,22)18(20)21/h10-11,22H,3-9,12-17H2,1-2H3,(H,20,21)/b11-10-/t19-/m1/s1. The first-order valence-corrected chi connectivity index (χ1v) is 9.11. The van der Waals surface area contributed by atoms with Gasteiger partial charge in [0.25, 0.3) is 0 Å². The van der Waals surface area contributed by atoms with E-state index >= 15 is 0 Å². The average molecular weight is 312 g/mol. The van der Waals surface area contributed by atoms with Crippen molar-refractivity contribution in [2.45, 2.75) is 103 Å². The Morgan fingerprint density at radius 3 is 1.82 bits per heavy atom. The van der Waals surface area contributed by atoms with Crippen molar-refractivity contribution in [2.75, 3.05) is 0 Å². The lowest BCUT2D eigenvalue weighted by Gasteiger charge is -2.17. The van der Waals surface area contributed by atoms with Gasteiger partial charge in [-0.15, -0.1) is 0 Å². The van der Waals surface area contributed by atoms with Crippen molar-refractivity contribution in [1.29, 1.82) is 0 Å². The highest BCUT2D eigenvalue weighted by Crippen LogP contribution is 2.16. The van der Waals surface area contributed by atoms with Gasteiger partial charge in [0, 0.05) is 0 Å². The van der Waals surface area contributed by atoms with E-state index in [1.54, 1.807) is 0 Å². The van der Waals surface area contributed by atoms with Gasteiger partial charge in [-0.1, -0.05) is 64.0 Å². The summed E-state index contributed by atoms with van der Waals surface area (Å²) in [6.07, 6.45) is 19.4. The van der Waals surface area contributed by atoms with Crippen LogP contribution in [-0.2, 0) is 4.79 Å². The molecular weight excluding hydrogens is 276 g/mol. The van der Waals surface area contributed by atoms with E-state index in [0.29, 0.717) is 6.42 Å². The minimum atomic E-state index is -1.56. The number of unbranched alkanes of at least 4 members (excludes halogenated alkanes) is 10. The first-order chi connectivity index (χ1) is 10.5. The third-order valence-corrected chi connectivity index (χ3v) is 4.14. The van der Waals surface area contributed by atoms with Gasteiger partial charge in [0.2, 0.25) is 0 Å². The molecule has 0 spiro atoms. The monoisotopic (exact) mass is 312 g/mol. The van der Waals surface area contributed by atoms with Crippen LogP contribution in [-0.4, -0.2) is 21.8 Å². The summed E-state index contributed by atoms with van der Waals surface area (Å²) in [6, 6.07) is 0. The van der Waals surface area contributed by atoms with E-state index in [0.717, 1.165) is 32.1 Å². The normalized spacial score (nSPS) is 14.3. The Morgan fingerprint density at radius 1 is 0.864 bits per heavy atom. The van der Waals surface area contributed by atoms with E-state index in [1.165, 1.54) is 51.9 Å². The number of rotatable bonds is 15. The summed E-state index contributed by atoms with van der Waals surface area (Å²) in [6.45, 7) is 3.62. The molecule has 0 aromatic carbocycles. The molecule has 0 unspecified atom stereocenters. The topological polar surface area (TPSA) is 57.5 Å². The molecule has 0 heterocycles. The van der Waals surface area contributed by atoms with Crippen molar-refractivity contribution in [2.24, 2.45) is 0 Å². The van der Waals surface area contributed by atoms with Gasteiger partial charge in [0.15, 0.2) is 5.60 Å². The number of carbonyl (C=O) groups is 1. The predicted molar refractivity (Wildman–Crippen MR) is 93.1 cm³/mol. The maximum absolute atomic E-state index is 10.7. The van der Waals surface area contributed by atoms with Crippen LogP contribution in [0.25, 0.3) is 0 Å². The van der Waals surface area contributed by atoms with Crippen molar-refractivity contribution in [3.05, 3.63) is 12.2 Å². The van der Waals surface area contributed by atoms with E-state index in [-0.39, 0.29) is 0 Å². The van der Waals surface area contributed by atoms with Crippen molar-refractivity contribution in [3.63, 3.8) is 0 Å². The third-order valence-electron chi connectivity index (χ3n) is 4.14. The SMILES string of the molecule is CCCCCCCC/C=C\CCCCCC[C@@](C)(O)C(=O)O. The molecule has 2 N–H and O–H groups in total. The van der Waals surface area contributed by atoms with Gasteiger partial charge in [-0.25, -0.2) is 4.79 Å². The second kappa shape index (κ2) is 13.8. The Bertz CT molecular complexity index is 295. The highest BCUT2D eigenvalue weighted by atomic mass is 16.4. The molecule has 0 radical (unpaired) electrons. The summed E-state index contributed by atoms with van der Waals surface area (Å²) in [7, 11) is 0. The van der Waals surface area contributed by atoms with Crippen LogP contribution in [0, 0.1) is 0 Å². The maximum Gasteiger partial charge on any atom is 0.335 e. The lowest BCUT2D eigenvalue weighted by atomic mass is 9.98. The van der Waals surface area contributed by atoms with Crippen LogP contribution in [0.2, 0.25) is 0 Å². The zero-order valence-corrected chi connectivity index (χ0v) is 14.6. The molecule has 0 fully saturated rings. The number of carboxylic acid groups (broad SMARTS) is 1. The summed E-state index contributed by atoms with van der Waals surface area (Å²) in [5.74, 6) is -1.12. The molecule has 0 bridgehead atoms. The summed E-state index contributed by atoms with van der Waals surface area (Å²) in [5, 5.41) is 18.4. The molecule has 0 aromatic heterocycles. The quantitative estimate of drug-likeness (QED) is 0.311. The van der Waals surface area contributed by atoms with Crippen molar-refractivity contribution in [1.82, 2.24) is 0 Å². The molecule has 0 amide bonds. The molecule has 0 aliphatic carbocycles. The van der Waals surface area contributed by atoms with Crippen LogP contribution >= 0.6 is 0 Å². The van der Waals surface area contributed by atoms with Gasteiger partial charge in [0.05, 0.1) is 0 Å². The average Bonchev–Trinajstić information content (AvgIpc) is 2.47. The minimum Gasteiger partial charge on any atom is -0.479 e. The van der Waals surface area contributed by atoms with Crippen LogP contribution in [0.4, 0.5) is 0 Å². The lowest BCUT2D eigenvalue weighted by Crippen LogP contribution is -2.34. The predicted octanol–water partition coefficient (Wildman–Crippen LogP) is 5.47. The minimum absolute atomic E-state index is 0.343. The van der Waals surface area contributed by atoms with E-state index < -0.39 is 11.6 Å². The van der Waals surface area contributed by atoms with Crippen molar-refractivity contribution < 1.29 is 15.0 Å². The maximum atomic E-state index is 10.7.